The van der Waals surface area contributed by atoms with Crippen LogP contribution in [0.1, 0.15) is 49.8 Å². The highest BCUT2D eigenvalue weighted by atomic mass is 19.1. The molecule has 2 aliphatic heterocycles. The van der Waals surface area contributed by atoms with E-state index < -0.39 is 5.79 Å². The number of halogens is 2. The van der Waals surface area contributed by atoms with Crippen LogP contribution in [0.2, 0.25) is 0 Å². The molecule has 3 aromatic rings. The predicted molar refractivity (Wildman–Crippen MR) is 136 cm³/mol. The molecule has 5 nitrogen and oxygen atoms in total. The second-order valence-corrected chi connectivity index (χ2v) is 9.50. The molecule has 2 fully saturated rings. The minimum absolute atomic E-state index is 0.0351. The summed E-state index contributed by atoms with van der Waals surface area (Å²) in [5.74, 6) is -1.26. The van der Waals surface area contributed by atoms with Gasteiger partial charge in [0, 0.05) is 17.7 Å². The van der Waals surface area contributed by atoms with Crippen molar-refractivity contribution in [3.05, 3.63) is 95.6 Å². The van der Waals surface area contributed by atoms with Gasteiger partial charge in [-0.2, -0.15) is 0 Å². The molecule has 5 rings (SSSR count). The van der Waals surface area contributed by atoms with E-state index >= 15 is 0 Å². The third-order valence-corrected chi connectivity index (χ3v) is 7.13. The van der Waals surface area contributed by atoms with E-state index in [1.807, 2.05) is 24.3 Å². The summed E-state index contributed by atoms with van der Waals surface area (Å²) in [6.45, 7) is 3.64. The van der Waals surface area contributed by atoms with Gasteiger partial charge in [0.15, 0.2) is 5.79 Å². The zero-order chi connectivity index (χ0) is 25.8. The highest BCUT2D eigenvalue weighted by molar-refractivity contribution is 6.03. The number of rotatable bonds is 10. The molecule has 0 bridgehead atoms. The van der Waals surface area contributed by atoms with Crippen molar-refractivity contribution in [3.8, 4) is 5.75 Å². The van der Waals surface area contributed by atoms with Crippen molar-refractivity contribution in [1.82, 2.24) is 0 Å². The smallest absolute Gasteiger partial charge is 0.233 e. The lowest BCUT2D eigenvalue weighted by Gasteiger charge is -2.48. The Hall–Kier alpha value is -3.29. The average molecular weight is 508 g/mol. The van der Waals surface area contributed by atoms with Crippen molar-refractivity contribution < 1.29 is 27.8 Å². The van der Waals surface area contributed by atoms with Gasteiger partial charge in [-0.15, -0.1) is 0 Å². The minimum atomic E-state index is -1.01. The molecule has 37 heavy (non-hydrogen) atoms. The lowest BCUT2D eigenvalue weighted by Crippen LogP contribution is -2.55. The Balaban J connectivity index is 1.38. The number of unbranched alkanes of at least 4 members (excludes halogenated alkanes) is 1. The van der Waals surface area contributed by atoms with Crippen LogP contribution < -0.4 is 9.64 Å². The van der Waals surface area contributed by atoms with Crippen molar-refractivity contribution >= 4 is 11.6 Å². The first-order valence-corrected chi connectivity index (χ1v) is 12.9. The van der Waals surface area contributed by atoms with Crippen molar-refractivity contribution in [2.24, 2.45) is 5.92 Å². The van der Waals surface area contributed by atoms with E-state index in [0.717, 1.165) is 29.7 Å². The van der Waals surface area contributed by atoms with Crippen LogP contribution in [0, 0.1) is 17.6 Å². The largest absolute Gasteiger partial charge is 0.494 e. The first-order chi connectivity index (χ1) is 18.0. The number of hydrogen-bond acceptors (Lipinski definition) is 4. The summed E-state index contributed by atoms with van der Waals surface area (Å²) in [7, 11) is 0. The molecule has 0 spiro atoms. The number of benzene rings is 3. The molecule has 2 atom stereocenters. The zero-order valence-electron chi connectivity index (χ0n) is 20.9. The first-order valence-electron chi connectivity index (χ1n) is 12.9. The van der Waals surface area contributed by atoms with Gasteiger partial charge in [0.05, 0.1) is 31.8 Å². The van der Waals surface area contributed by atoms with Crippen molar-refractivity contribution in [1.29, 1.82) is 0 Å². The fraction of sp³-hybridized carbons (Fsp3) is 0.367. The lowest BCUT2D eigenvalue weighted by molar-refractivity contribution is -0.175. The van der Waals surface area contributed by atoms with Crippen LogP contribution in [0.25, 0.3) is 0 Å². The molecule has 2 heterocycles. The molecule has 0 saturated carbocycles. The van der Waals surface area contributed by atoms with Crippen molar-refractivity contribution in [2.45, 2.75) is 44.4 Å². The normalized spacial score (nSPS) is 20.6. The summed E-state index contributed by atoms with van der Waals surface area (Å²) in [5, 5.41) is 0. The van der Waals surface area contributed by atoms with E-state index in [2.05, 4.69) is 6.92 Å². The van der Waals surface area contributed by atoms with Crippen LogP contribution in [0.5, 0.6) is 5.75 Å². The summed E-state index contributed by atoms with van der Waals surface area (Å²) in [5.41, 5.74) is 2.36. The van der Waals surface area contributed by atoms with E-state index in [0.29, 0.717) is 38.3 Å². The fourth-order valence-electron chi connectivity index (χ4n) is 5.16. The number of anilines is 1. The second kappa shape index (κ2) is 11.0. The van der Waals surface area contributed by atoms with Crippen LogP contribution in [-0.4, -0.2) is 25.7 Å². The number of hydrogen-bond donors (Lipinski definition) is 0. The Bertz CT molecular complexity index is 1190. The Morgan fingerprint density at radius 3 is 2.16 bits per heavy atom. The molecule has 0 radical (unpaired) electrons. The molecule has 0 N–H and O–H groups in total. The van der Waals surface area contributed by atoms with Gasteiger partial charge in [0.25, 0.3) is 0 Å². The van der Waals surface area contributed by atoms with Crippen LogP contribution >= 0.6 is 0 Å². The Morgan fingerprint density at radius 1 is 0.919 bits per heavy atom. The molecule has 0 aromatic heterocycles. The van der Waals surface area contributed by atoms with Gasteiger partial charge < -0.3 is 19.1 Å². The molecule has 0 unspecified atom stereocenters. The summed E-state index contributed by atoms with van der Waals surface area (Å²) < 4.78 is 45.0. The Labute approximate surface area is 216 Å². The average Bonchev–Trinajstić information content (AvgIpc) is 3.39. The molecule has 1 amide bonds. The van der Waals surface area contributed by atoms with Crippen LogP contribution in [0.3, 0.4) is 0 Å². The lowest BCUT2D eigenvalue weighted by atomic mass is 9.77. The van der Waals surface area contributed by atoms with Gasteiger partial charge in [-0.3, -0.25) is 4.79 Å². The fourth-order valence-corrected chi connectivity index (χ4v) is 5.16. The summed E-state index contributed by atoms with van der Waals surface area (Å²) in [4.78, 5) is 15.2. The maximum Gasteiger partial charge on any atom is 0.233 e. The summed E-state index contributed by atoms with van der Waals surface area (Å²) in [6.07, 6.45) is 3.00. The van der Waals surface area contributed by atoms with Gasteiger partial charge in [-0.05, 0) is 66.9 Å². The van der Waals surface area contributed by atoms with Crippen LogP contribution in [0.4, 0.5) is 14.5 Å². The zero-order valence-corrected chi connectivity index (χ0v) is 20.9. The van der Waals surface area contributed by atoms with E-state index in [1.54, 1.807) is 29.2 Å². The van der Waals surface area contributed by atoms with Crippen molar-refractivity contribution in [3.63, 3.8) is 0 Å². The van der Waals surface area contributed by atoms with E-state index in [-0.39, 0.29) is 29.5 Å². The third-order valence-electron chi connectivity index (χ3n) is 7.13. The monoisotopic (exact) mass is 507 g/mol. The molecule has 3 aromatic carbocycles. The quantitative estimate of drug-likeness (QED) is 0.231. The van der Waals surface area contributed by atoms with Gasteiger partial charge >= 0.3 is 0 Å². The van der Waals surface area contributed by atoms with E-state index in [1.165, 1.54) is 24.3 Å². The molecule has 7 heteroatoms. The molecular weight excluding hydrogens is 476 g/mol. The van der Waals surface area contributed by atoms with Gasteiger partial charge in [0.2, 0.25) is 5.91 Å². The highest BCUT2D eigenvalue weighted by Gasteiger charge is 2.50. The molecule has 2 saturated heterocycles. The number of nitrogens with zero attached hydrogens (tertiary/aromatic N) is 1. The van der Waals surface area contributed by atoms with E-state index in [4.69, 9.17) is 14.2 Å². The predicted octanol–water partition coefficient (Wildman–Crippen LogP) is 6.53. The third kappa shape index (κ3) is 5.24. The minimum Gasteiger partial charge on any atom is -0.494 e. The Kier molecular flexibility index (Phi) is 7.53. The molecule has 2 aliphatic rings. The standard InChI is InChI=1S/C30H31F2NO4/c1-2-3-18-35-26-14-4-21(5-15-26)28-27(29(34)33(28)25-12-10-24(32)11-13-25)16-17-30(36-19-20-37-30)22-6-8-23(31)9-7-22/h4-15,27-28H,2-3,16-20H2,1H3/t27-,28-/m1/s1. The Morgan fingerprint density at radius 2 is 1.54 bits per heavy atom. The SMILES string of the molecule is CCCCOc1ccc([C@@H]2[C@@H](CCC3(c4ccc(F)cc4)OCCO3)C(=O)N2c2ccc(F)cc2)cc1. The molecule has 0 aliphatic carbocycles. The number of carbonyl (C=O) groups is 1. The topological polar surface area (TPSA) is 48.0 Å². The maximum absolute atomic E-state index is 13.6. The van der Waals surface area contributed by atoms with Gasteiger partial charge in [0.1, 0.15) is 17.4 Å². The molecule has 194 valence electrons. The van der Waals surface area contributed by atoms with Gasteiger partial charge in [-0.25, -0.2) is 8.78 Å². The number of β-lactam (4-membered cyclic amide) rings is 1. The van der Waals surface area contributed by atoms with Crippen LogP contribution in [0.15, 0.2) is 72.8 Å². The summed E-state index contributed by atoms with van der Waals surface area (Å²) in [6, 6.07) is 19.7. The number of carbonyl (C=O) groups excluding carboxylic acids is 1. The second-order valence-electron chi connectivity index (χ2n) is 9.50. The molecular formula is C30H31F2NO4. The summed E-state index contributed by atoms with van der Waals surface area (Å²) >= 11 is 0. The number of amides is 1. The highest BCUT2D eigenvalue weighted by Crippen LogP contribution is 2.48. The van der Waals surface area contributed by atoms with E-state index in [9.17, 15) is 13.6 Å². The maximum atomic E-state index is 13.6. The van der Waals surface area contributed by atoms with Crippen molar-refractivity contribution in [2.75, 3.05) is 24.7 Å². The van der Waals surface area contributed by atoms with Crippen LogP contribution in [-0.2, 0) is 20.1 Å². The number of ether oxygens (including phenoxy) is 3. The first kappa shape index (κ1) is 25.4. The van der Waals surface area contributed by atoms with Gasteiger partial charge in [-0.1, -0.05) is 37.6 Å².